The molecule has 3 N–H and O–H groups in total. The van der Waals surface area contributed by atoms with Crippen molar-refractivity contribution < 1.29 is 14.6 Å². The lowest BCUT2D eigenvalue weighted by Crippen LogP contribution is -2.34. The Morgan fingerprint density at radius 3 is 2.55 bits per heavy atom. The minimum atomic E-state index is -0.386. The molecule has 2 aromatic rings. The van der Waals surface area contributed by atoms with Gasteiger partial charge in [-0.2, -0.15) is 0 Å². The van der Waals surface area contributed by atoms with E-state index in [-0.39, 0.29) is 24.2 Å². The number of aliphatic hydroxyl groups excluding tert-OH is 1. The number of hydrogen-bond donors (Lipinski definition) is 3. The van der Waals surface area contributed by atoms with Gasteiger partial charge in [0, 0.05) is 18.2 Å². The number of halogens is 1. The smallest absolute Gasteiger partial charge is 0.123 e. The molecule has 2 aromatic carbocycles. The Morgan fingerprint density at radius 1 is 1.10 bits per heavy atom. The number of phenolic OH excluding ortho intramolecular Hbond substituents is 1. The number of aliphatic hydroxyl groups is 1. The second-order valence-corrected chi connectivity index (χ2v) is 4.72. The number of nitrogens with one attached hydrogen (secondary N) is 1. The van der Waals surface area contributed by atoms with Gasteiger partial charge in [-0.3, -0.25) is 0 Å². The van der Waals surface area contributed by atoms with Crippen molar-refractivity contribution in [3.63, 3.8) is 0 Å². The van der Waals surface area contributed by atoms with E-state index in [0.29, 0.717) is 18.5 Å². The van der Waals surface area contributed by atoms with Crippen LogP contribution in [0.5, 0.6) is 5.75 Å². The molecule has 0 amide bonds. The van der Waals surface area contributed by atoms with Gasteiger partial charge in [-0.25, -0.2) is 4.39 Å². The average molecular weight is 275 g/mol. The highest BCUT2D eigenvalue weighted by atomic mass is 19.1. The Balaban J connectivity index is 1.95. The molecule has 106 valence electrons. The second-order valence-electron chi connectivity index (χ2n) is 4.72. The summed E-state index contributed by atoms with van der Waals surface area (Å²) < 4.78 is 13.1. The molecule has 0 aromatic heterocycles. The Morgan fingerprint density at radius 2 is 1.85 bits per heavy atom. The number of hydrogen-bond acceptors (Lipinski definition) is 3. The van der Waals surface area contributed by atoms with Crippen molar-refractivity contribution >= 4 is 0 Å². The molecule has 0 bridgehead atoms. The van der Waals surface area contributed by atoms with Crippen LogP contribution in [-0.4, -0.2) is 22.9 Å². The van der Waals surface area contributed by atoms with E-state index in [0.717, 1.165) is 5.56 Å². The summed E-state index contributed by atoms with van der Waals surface area (Å²) in [5.41, 5.74) is 1.60. The summed E-state index contributed by atoms with van der Waals surface area (Å²) in [5.74, 6) is -0.335. The molecule has 0 fully saturated rings. The van der Waals surface area contributed by atoms with Gasteiger partial charge in [0.2, 0.25) is 0 Å². The molecule has 1 atom stereocenters. The predicted molar refractivity (Wildman–Crippen MR) is 75.9 cm³/mol. The van der Waals surface area contributed by atoms with Crippen molar-refractivity contribution in [1.29, 1.82) is 0 Å². The van der Waals surface area contributed by atoms with Gasteiger partial charge < -0.3 is 15.5 Å². The first-order valence-corrected chi connectivity index (χ1v) is 6.54. The van der Waals surface area contributed by atoms with Gasteiger partial charge in [-0.1, -0.05) is 30.3 Å². The molecule has 0 saturated carbocycles. The van der Waals surface area contributed by atoms with E-state index in [1.165, 1.54) is 18.2 Å². The lowest BCUT2D eigenvalue weighted by atomic mass is 10.1. The van der Waals surface area contributed by atoms with Crippen molar-refractivity contribution in [3.8, 4) is 5.75 Å². The van der Waals surface area contributed by atoms with Gasteiger partial charge in [0.1, 0.15) is 11.6 Å². The molecule has 0 aliphatic rings. The SMILES string of the molecule is OC[C@@H](Cc1ccccc1)NCc1cc(F)ccc1O. The molecule has 0 aliphatic heterocycles. The Bertz CT molecular complexity index is 545. The summed E-state index contributed by atoms with van der Waals surface area (Å²) in [5, 5.41) is 22.2. The summed E-state index contributed by atoms with van der Waals surface area (Å²) in [7, 11) is 0. The van der Waals surface area contributed by atoms with E-state index in [1.807, 2.05) is 30.3 Å². The summed E-state index contributed by atoms with van der Waals surface area (Å²) in [4.78, 5) is 0. The van der Waals surface area contributed by atoms with Gasteiger partial charge in [-0.15, -0.1) is 0 Å². The Hall–Kier alpha value is -1.91. The van der Waals surface area contributed by atoms with Crippen LogP contribution >= 0.6 is 0 Å². The Kier molecular flexibility index (Phi) is 5.09. The van der Waals surface area contributed by atoms with Crippen molar-refractivity contribution in [3.05, 3.63) is 65.5 Å². The zero-order valence-electron chi connectivity index (χ0n) is 11.1. The quantitative estimate of drug-likeness (QED) is 0.757. The average Bonchev–Trinajstić information content (AvgIpc) is 2.47. The monoisotopic (exact) mass is 275 g/mol. The van der Waals surface area contributed by atoms with Crippen molar-refractivity contribution in [2.75, 3.05) is 6.61 Å². The second kappa shape index (κ2) is 7.03. The largest absolute Gasteiger partial charge is 0.508 e. The van der Waals surface area contributed by atoms with Gasteiger partial charge in [0.25, 0.3) is 0 Å². The molecule has 2 rings (SSSR count). The van der Waals surface area contributed by atoms with Crippen LogP contribution in [0.4, 0.5) is 4.39 Å². The highest BCUT2D eigenvalue weighted by Gasteiger charge is 2.10. The lowest BCUT2D eigenvalue weighted by molar-refractivity contribution is 0.240. The molecular formula is C16H18FNO2. The van der Waals surface area contributed by atoms with Crippen molar-refractivity contribution in [1.82, 2.24) is 5.32 Å². The first-order chi connectivity index (χ1) is 9.69. The first-order valence-electron chi connectivity index (χ1n) is 6.54. The minimum Gasteiger partial charge on any atom is -0.508 e. The third kappa shape index (κ3) is 4.05. The fraction of sp³-hybridized carbons (Fsp3) is 0.250. The van der Waals surface area contributed by atoms with E-state index < -0.39 is 0 Å². The molecular weight excluding hydrogens is 257 g/mol. The van der Waals surface area contributed by atoms with Gasteiger partial charge in [0.05, 0.1) is 6.61 Å². The summed E-state index contributed by atoms with van der Waals surface area (Å²) in [6.07, 6.45) is 0.674. The fourth-order valence-electron chi connectivity index (χ4n) is 2.05. The maximum absolute atomic E-state index is 13.1. The van der Waals surface area contributed by atoms with Crippen LogP contribution in [0.2, 0.25) is 0 Å². The summed E-state index contributed by atoms with van der Waals surface area (Å²) in [6, 6.07) is 13.5. The van der Waals surface area contributed by atoms with E-state index in [1.54, 1.807) is 0 Å². The Labute approximate surface area is 117 Å². The van der Waals surface area contributed by atoms with E-state index in [2.05, 4.69) is 5.32 Å². The number of phenols is 1. The predicted octanol–water partition coefficient (Wildman–Crippen LogP) is 2.22. The minimum absolute atomic E-state index is 0.0228. The summed E-state index contributed by atoms with van der Waals surface area (Å²) >= 11 is 0. The normalized spacial score (nSPS) is 12.3. The van der Waals surface area contributed by atoms with E-state index in [9.17, 15) is 14.6 Å². The third-order valence-corrected chi connectivity index (χ3v) is 3.17. The zero-order chi connectivity index (χ0) is 14.4. The topological polar surface area (TPSA) is 52.5 Å². The number of rotatable bonds is 6. The molecule has 0 aliphatic carbocycles. The molecule has 0 spiro atoms. The van der Waals surface area contributed by atoms with Crippen LogP contribution in [0.25, 0.3) is 0 Å². The van der Waals surface area contributed by atoms with Crippen LogP contribution < -0.4 is 5.32 Å². The van der Waals surface area contributed by atoms with Gasteiger partial charge in [-0.05, 0) is 30.2 Å². The molecule has 4 heteroatoms. The van der Waals surface area contributed by atoms with Crippen molar-refractivity contribution in [2.45, 2.75) is 19.0 Å². The highest BCUT2D eigenvalue weighted by molar-refractivity contribution is 5.32. The first kappa shape index (κ1) is 14.5. The van der Waals surface area contributed by atoms with Crippen LogP contribution in [-0.2, 0) is 13.0 Å². The third-order valence-electron chi connectivity index (χ3n) is 3.17. The lowest BCUT2D eigenvalue weighted by Gasteiger charge is -2.17. The van der Waals surface area contributed by atoms with Crippen LogP contribution in [0.1, 0.15) is 11.1 Å². The standard InChI is InChI=1S/C16H18FNO2/c17-14-6-7-16(20)13(9-14)10-18-15(11-19)8-12-4-2-1-3-5-12/h1-7,9,15,18-20H,8,10-11H2/t15-/m1/s1. The maximum Gasteiger partial charge on any atom is 0.123 e. The van der Waals surface area contributed by atoms with Crippen molar-refractivity contribution in [2.24, 2.45) is 0 Å². The molecule has 3 nitrogen and oxygen atoms in total. The molecule has 0 unspecified atom stereocenters. The number of aromatic hydroxyl groups is 1. The molecule has 20 heavy (non-hydrogen) atoms. The van der Waals surface area contributed by atoms with Crippen LogP contribution in [0, 0.1) is 5.82 Å². The van der Waals surface area contributed by atoms with Gasteiger partial charge >= 0.3 is 0 Å². The summed E-state index contributed by atoms with van der Waals surface area (Å²) in [6.45, 7) is 0.284. The molecule has 0 saturated heterocycles. The molecule has 0 radical (unpaired) electrons. The van der Waals surface area contributed by atoms with Gasteiger partial charge in [0.15, 0.2) is 0 Å². The zero-order valence-corrected chi connectivity index (χ0v) is 11.1. The van der Waals surface area contributed by atoms with E-state index >= 15 is 0 Å². The van der Waals surface area contributed by atoms with Crippen LogP contribution in [0.15, 0.2) is 48.5 Å². The van der Waals surface area contributed by atoms with Crippen LogP contribution in [0.3, 0.4) is 0 Å². The fourth-order valence-corrected chi connectivity index (χ4v) is 2.05. The maximum atomic E-state index is 13.1. The highest BCUT2D eigenvalue weighted by Crippen LogP contribution is 2.17. The number of benzene rings is 2. The molecule has 0 heterocycles. The van der Waals surface area contributed by atoms with E-state index in [4.69, 9.17) is 0 Å².